The second-order valence-electron chi connectivity index (χ2n) is 5.41. The van der Waals surface area contributed by atoms with Crippen molar-refractivity contribution in [1.82, 2.24) is 5.32 Å². The number of aliphatic hydroxyl groups is 1. The summed E-state index contributed by atoms with van der Waals surface area (Å²) < 4.78 is 18.4. The number of benzene rings is 2. The highest BCUT2D eigenvalue weighted by Gasteiger charge is 2.21. The Balaban J connectivity index is 1.72. The summed E-state index contributed by atoms with van der Waals surface area (Å²) in [7, 11) is 0. The Morgan fingerprint density at radius 2 is 1.87 bits per heavy atom. The Bertz CT molecular complexity index is 793. The van der Waals surface area contributed by atoms with Gasteiger partial charge in [-0.15, -0.1) is 0 Å². The SMILES string of the molecule is C[C@@H](NC(=O)c1cc2ccccc2o1)[C@@H](O)c1ccc(F)cc1. The molecule has 23 heavy (non-hydrogen) atoms. The molecular formula is C18H16FNO3. The highest BCUT2D eigenvalue weighted by atomic mass is 19.1. The van der Waals surface area contributed by atoms with Crippen molar-refractivity contribution in [2.75, 3.05) is 0 Å². The molecule has 5 heteroatoms. The largest absolute Gasteiger partial charge is 0.451 e. The average Bonchev–Trinajstić information content (AvgIpc) is 2.99. The Morgan fingerprint density at radius 1 is 1.17 bits per heavy atom. The van der Waals surface area contributed by atoms with E-state index in [0.717, 1.165) is 5.39 Å². The van der Waals surface area contributed by atoms with Crippen LogP contribution in [-0.2, 0) is 0 Å². The Hall–Kier alpha value is -2.66. The standard InChI is InChI=1S/C18H16FNO3/c1-11(17(21)12-6-8-14(19)9-7-12)20-18(22)16-10-13-4-2-3-5-15(13)23-16/h2-11,17,21H,1H3,(H,20,22)/t11-,17-/m1/s1. The van der Waals surface area contributed by atoms with Crippen LogP contribution in [0.1, 0.15) is 29.1 Å². The minimum Gasteiger partial charge on any atom is -0.451 e. The lowest BCUT2D eigenvalue weighted by atomic mass is 10.0. The second kappa shape index (κ2) is 6.22. The molecule has 2 aromatic carbocycles. The maximum Gasteiger partial charge on any atom is 0.287 e. The molecule has 1 heterocycles. The topological polar surface area (TPSA) is 62.5 Å². The first kappa shape index (κ1) is 15.2. The van der Waals surface area contributed by atoms with Gasteiger partial charge >= 0.3 is 0 Å². The molecule has 0 aliphatic heterocycles. The van der Waals surface area contributed by atoms with Crippen LogP contribution in [0, 0.1) is 5.82 Å². The summed E-state index contributed by atoms with van der Waals surface area (Å²) in [6, 6.07) is 13.9. The van der Waals surface area contributed by atoms with E-state index in [9.17, 15) is 14.3 Å². The van der Waals surface area contributed by atoms with Gasteiger partial charge in [0.15, 0.2) is 5.76 Å². The summed E-state index contributed by atoms with van der Waals surface area (Å²) in [5, 5.41) is 13.8. The Labute approximate surface area is 132 Å². The minimum atomic E-state index is -0.941. The molecule has 2 N–H and O–H groups in total. The van der Waals surface area contributed by atoms with Crippen LogP contribution in [0.5, 0.6) is 0 Å². The fraction of sp³-hybridized carbons (Fsp3) is 0.167. The number of carbonyl (C=O) groups is 1. The summed E-state index contributed by atoms with van der Waals surface area (Å²) in [5.74, 6) is -0.598. The lowest BCUT2D eigenvalue weighted by Crippen LogP contribution is -2.36. The number of furan rings is 1. The molecule has 3 aromatic rings. The average molecular weight is 313 g/mol. The number of nitrogens with one attached hydrogen (secondary N) is 1. The zero-order valence-electron chi connectivity index (χ0n) is 12.5. The third-order valence-corrected chi connectivity index (χ3v) is 3.69. The van der Waals surface area contributed by atoms with Gasteiger partial charge < -0.3 is 14.8 Å². The fourth-order valence-corrected chi connectivity index (χ4v) is 2.40. The van der Waals surface area contributed by atoms with E-state index in [0.29, 0.717) is 11.1 Å². The van der Waals surface area contributed by atoms with Crippen LogP contribution in [0.15, 0.2) is 59.0 Å². The van der Waals surface area contributed by atoms with Crippen LogP contribution < -0.4 is 5.32 Å². The molecule has 0 spiro atoms. The monoisotopic (exact) mass is 313 g/mol. The van der Waals surface area contributed by atoms with Crippen molar-refractivity contribution >= 4 is 16.9 Å². The van der Waals surface area contributed by atoms with Gasteiger partial charge in [-0.1, -0.05) is 30.3 Å². The third kappa shape index (κ3) is 3.24. The summed E-state index contributed by atoms with van der Waals surface area (Å²) in [6.07, 6.45) is -0.941. The van der Waals surface area contributed by atoms with Gasteiger partial charge in [-0.05, 0) is 36.8 Å². The first-order valence-electron chi connectivity index (χ1n) is 7.27. The third-order valence-electron chi connectivity index (χ3n) is 3.69. The smallest absolute Gasteiger partial charge is 0.287 e. The van der Waals surface area contributed by atoms with Gasteiger partial charge in [0.25, 0.3) is 5.91 Å². The lowest BCUT2D eigenvalue weighted by Gasteiger charge is -2.20. The molecule has 1 amide bonds. The van der Waals surface area contributed by atoms with Crippen molar-refractivity contribution in [3.05, 3.63) is 71.7 Å². The zero-order valence-corrected chi connectivity index (χ0v) is 12.5. The van der Waals surface area contributed by atoms with Crippen molar-refractivity contribution in [2.45, 2.75) is 19.1 Å². The van der Waals surface area contributed by atoms with Gasteiger partial charge in [-0.25, -0.2) is 4.39 Å². The number of rotatable bonds is 4. The van der Waals surface area contributed by atoms with E-state index >= 15 is 0 Å². The van der Waals surface area contributed by atoms with Crippen LogP contribution in [0.3, 0.4) is 0 Å². The number of fused-ring (bicyclic) bond motifs is 1. The van der Waals surface area contributed by atoms with Crippen LogP contribution in [0.25, 0.3) is 11.0 Å². The van der Waals surface area contributed by atoms with Crippen LogP contribution in [0.2, 0.25) is 0 Å². The number of aliphatic hydroxyl groups excluding tert-OH is 1. The number of carbonyl (C=O) groups excluding carboxylic acids is 1. The predicted molar refractivity (Wildman–Crippen MR) is 84.5 cm³/mol. The molecule has 3 rings (SSSR count). The molecule has 1 aromatic heterocycles. The Morgan fingerprint density at radius 3 is 2.57 bits per heavy atom. The summed E-state index contributed by atoms with van der Waals surface area (Å²) in [4.78, 5) is 12.2. The molecule has 0 saturated carbocycles. The molecule has 0 saturated heterocycles. The van der Waals surface area contributed by atoms with Crippen molar-refractivity contribution in [2.24, 2.45) is 0 Å². The number of hydrogen-bond acceptors (Lipinski definition) is 3. The van der Waals surface area contributed by atoms with Gasteiger partial charge in [-0.3, -0.25) is 4.79 Å². The number of amides is 1. The Kier molecular flexibility index (Phi) is 4.12. The summed E-state index contributed by atoms with van der Waals surface area (Å²) in [6.45, 7) is 1.68. The maximum absolute atomic E-state index is 12.9. The summed E-state index contributed by atoms with van der Waals surface area (Å²) in [5.41, 5.74) is 1.16. The number of halogens is 1. The number of hydrogen-bond donors (Lipinski definition) is 2. The van der Waals surface area contributed by atoms with E-state index < -0.39 is 18.1 Å². The van der Waals surface area contributed by atoms with Gasteiger partial charge in [-0.2, -0.15) is 0 Å². The predicted octanol–water partition coefficient (Wildman–Crippen LogP) is 3.42. The zero-order chi connectivity index (χ0) is 16.4. The van der Waals surface area contributed by atoms with Crippen molar-refractivity contribution in [3.8, 4) is 0 Å². The van der Waals surface area contributed by atoms with Gasteiger partial charge in [0, 0.05) is 5.39 Å². The van der Waals surface area contributed by atoms with E-state index in [-0.39, 0.29) is 11.6 Å². The molecule has 4 nitrogen and oxygen atoms in total. The highest BCUT2D eigenvalue weighted by Crippen LogP contribution is 2.20. The molecule has 0 aliphatic rings. The molecule has 0 unspecified atom stereocenters. The molecule has 0 aliphatic carbocycles. The molecular weight excluding hydrogens is 297 g/mol. The van der Waals surface area contributed by atoms with E-state index in [1.54, 1.807) is 19.1 Å². The van der Waals surface area contributed by atoms with Crippen LogP contribution in [0.4, 0.5) is 4.39 Å². The highest BCUT2D eigenvalue weighted by molar-refractivity contribution is 5.96. The first-order valence-corrected chi connectivity index (χ1v) is 7.27. The van der Waals surface area contributed by atoms with Crippen molar-refractivity contribution in [3.63, 3.8) is 0 Å². The first-order chi connectivity index (χ1) is 11.0. The molecule has 0 radical (unpaired) electrons. The molecule has 0 bridgehead atoms. The lowest BCUT2D eigenvalue weighted by molar-refractivity contribution is 0.0828. The molecule has 0 fully saturated rings. The molecule has 118 valence electrons. The molecule has 2 atom stereocenters. The normalized spacial score (nSPS) is 13.7. The fourth-order valence-electron chi connectivity index (χ4n) is 2.40. The van der Waals surface area contributed by atoms with E-state index in [1.807, 2.05) is 18.2 Å². The van der Waals surface area contributed by atoms with E-state index in [4.69, 9.17) is 4.42 Å². The minimum absolute atomic E-state index is 0.185. The van der Waals surface area contributed by atoms with Gasteiger partial charge in [0.2, 0.25) is 0 Å². The summed E-state index contributed by atoms with van der Waals surface area (Å²) >= 11 is 0. The quantitative estimate of drug-likeness (QED) is 0.776. The van der Waals surface area contributed by atoms with Gasteiger partial charge in [0.05, 0.1) is 12.1 Å². The van der Waals surface area contributed by atoms with Crippen LogP contribution in [-0.4, -0.2) is 17.1 Å². The maximum atomic E-state index is 12.9. The van der Waals surface area contributed by atoms with Gasteiger partial charge in [0.1, 0.15) is 11.4 Å². The number of para-hydroxylation sites is 1. The van der Waals surface area contributed by atoms with E-state index in [2.05, 4.69) is 5.32 Å². The van der Waals surface area contributed by atoms with Crippen LogP contribution >= 0.6 is 0 Å². The van der Waals surface area contributed by atoms with Crippen molar-refractivity contribution in [1.29, 1.82) is 0 Å². The van der Waals surface area contributed by atoms with E-state index in [1.165, 1.54) is 24.3 Å². The second-order valence-corrected chi connectivity index (χ2v) is 5.41. The van der Waals surface area contributed by atoms with Crippen molar-refractivity contribution < 1.29 is 18.7 Å².